The molecule has 1 aliphatic carbocycles. The maximum atomic E-state index is 6.16. The van der Waals surface area contributed by atoms with Crippen LogP contribution in [0.3, 0.4) is 0 Å². The molecule has 0 saturated heterocycles. The van der Waals surface area contributed by atoms with Crippen molar-refractivity contribution >= 4 is 56.3 Å². The molecule has 2 nitrogen and oxygen atoms in total. The van der Waals surface area contributed by atoms with Gasteiger partial charge in [0.25, 0.3) is 0 Å². The number of aryl methyl sites for hydroxylation is 2. The maximum absolute atomic E-state index is 6.16. The van der Waals surface area contributed by atoms with Crippen LogP contribution in [0.4, 0.5) is 0 Å². The van der Waals surface area contributed by atoms with Gasteiger partial charge in [0, 0.05) is 22.8 Å². The lowest BCUT2D eigenvalue weighted by atomic mass is 9.86. The highest BCUT2D eigenvalue weighted by Gasteiger charge is 2.14. The number of hydrogen-bond acceptors (Lipinski definition) is 2. The van der Waals surface area contributed by atoms with Gasteiger partial charge in [-0.15, -0.1) is 12.4 Å². The van der Waals surface area contributed by atoms with Gasteiger partial charge >= 0.3 is 0 Å². The summed E-state index contributed by atoms with van der Waals surface area (Å²) in [5.41, 5.74) is 4.20. The number of nitrogens with zero attached hydrogens (tertiary/aromatic N) is 1. The van der Waals surface area contributed by atoms with Gasteiger partial charge in [-0.25, -0.2) is 0 Å². The molecule has 0 atom stereocenters. The van der Waals surface area contributed by atoms with Gasteiger partial charge < -0.3 is 4.74 Å². The Morgan fingerprint density at radius 1 is 0.658 bits per heavy atom. The van der Waals surface area contributed by atoms with E-state index in [1.807, 2.05) is 54.9 Å². The van der Waals surface area contributed by atoms with E-state index in [0.29, 0.717) is 6.61 Å². The van der Waals surface area contributed by atoms with Crippen LogP contribution >= 0.6 is 24.0 Å². The van der Waals surface area contributed by atoms with Crippen LogP contribution in [0.15, 0.2) is 109 Å². The van der Waals surface area contributed by atoms with Crippen LogP contribution in [0, 0.1) is 0 Å². The lowest BCUT2D eigenvalue weighted by Gasteiger charge is -2.19. The predicted octanol–water partition coefficient (Wildman–Crippen LogP) is 9.76. The number of ether oxygens (including phenoxy) is 1. The van der Waals surface area contributed by atoms with Crippen molar-refractivity contribution < 1.29 is 4.74 Å². The van der Waals surface area contributed by atoms with Crippen molar-refractivity contribution in [3.05, 3.63) is 131 Å². The van der Waals surface area contributed by atoms with Crippen molar-refractivity contribution in [3.63, 3.8) is 0 Å². The zero-order valence-corrected chi connectivity index (χ0v) is 22.6. The summed E-state index contributed by atoms with van der Waals surface area (Å²) in [6, 6.07) is 33.5. The Kier molecular flexibility index (Phi) is 8.12. The van der Waals surface area contributed by atoms with Crippen LogP contribution < -0.4 is 4.74 Å². The highest BCUT2D eigenvalue weighted by atomic mass is 35.5. The Labute approximate surface area is 234 Å². The molecule has 7 rings (SSSR count). The molecule has 5 aromatic carbocycles. The highest BCUT2D eigenvalue weighted by molar-refractivity contribution is 6.30. The molecular formula is C34H29Cl2NO. The number of fused-ring (bicyclic) bond motifs is 6. The van der Waals surface area contributed by atoms with Crippen LogP contribution in [0.5, 0.6) is 5.75 Å². The Morgan fingerprint density at radius 2 is 1.39 bits per heavy atom. The Bertz CT molecular complexity index is 1630. The Balaban J connectivity index is 0.000000225. The molecule has 4 heteroatoms. The predicted molar refractivity (Wildman–Crippen MR) is 163 cm³/mol. The number of pyridine rings is 1. The third-order valence-electron chi connectivity index (χ3n) is 7.21. The molecule has 6 aromatic rings. The van der Waals surface area contributed by atoms with Gasteiger partial charge in [-0.1, -0.05) is 84.4 Å². The number of benzene rings is 5. The van der Waals surface area contributed by atoms with Gasteiger partial charge in [-0.2, -0.15) is 0 Å². The number of halogens is 2. The van der Waals surface area contributed by atoms with Crippen molar-refractivity contribution in [1.29, 1.82) is 0 Å². The maximum Gasteiger partial charge on any atom is 0.127 e. The first kappa shape index (κ1) is 26.0. The quantitative estimate of drug-likeness (QED) is 0.209. The van der Waals surface area contributed by atoms with Crippen LogP contribution in [-0.2, 0) is 19.4 Å². The van der Waals surface area contributed by atoms with Gasteiger partial charge in [0.05, 0.1) is 0 Å². The van der Waals surface area contributed by atoms with E-state index in [0.717, 1.165) is 16.3 Å². The van der Waals surface area contributed by atoms with Crippen LogP contribution in [0.2, 0.25) is 5.02 Å². The van der Waals surface area contributed by atoms with E-state index in [9.17, 15) is 0 Å². The first-order valence-corrected chi connectivity index (χ1v) is 13.3. The molecule has 0 spiro atoms. The summed E-state index contributed by atoms with van der Waals surface area (Å²) in [5.74, 6) is 0.932. The molecule has 0 radical (unpaired) electrons. The minimum Gasteiger partial charge on any atom is -0.488 e. The van der Waals surface area contributed by atoms with E-state index in [1.54, 1.807) is 5.56 Å². The summed E-state index contributed by atoms with van der Waals surface area (Å²) in [6.45, 7) is 0.540. The fourth-order valence-corrected chi connectivity index (χ4v) is 5.42. The van der Waals surface area contributed by atoms with Crippen LogP contribution in [0.1, 0.15) is 29.5 Å². The molecule has 0 aliphatic heterocycles. The normalized spacial score (nSPS) is 12.3. The molecule has 0 bridgehead atoms. The smallest absolute Gasteiger partial charge is 0.127 e. The van der Waals surface area contributed by atoms with Crippen LogP contribution in [0.25, 0.3) is 32.3 Å². The molecule has 0 amide bonds. The van der Waals surface area contributed by atoms with Crippen LogP contribution in [-0.4, -0.2) is 4.98 Å². The lowest BCUT2D eigenvalue weighted by Crippen LogP contribution is -2.03. The molecule has 190 valence electrons. The third-order valence-corrected chi connectivity index (χ3v) is 7.46. The number of rotatable bonds is 3. The second-order valence-corrected chi connectivity index (χ2v) is 10.00. The number of aromatic nitrogens is 1. The van der Waals surface area contributed by atoms with Crippen molar-refractivity contribution in [2.75, 3.05) is 0 Å². The van der Waals surface area contributed by atoms with Gasteiger partial charge in [0.2, 0.25) is 0 Å². The van der Waals surface area contributed by atoms with E-state index in [-0.39, 0.29) is 12.4 Å². The molecule has 0 saturated carbocycles. The van der Waals surface area contributed by atoms with Gasteiger partial charge in [0.15, 0.2) is 0 Å². The second-order valence-electron chi connectivity index (χ2n) is 9.56. The van der Waals surface area contributed by atoms with Crippen molar-refractivity contribution in [2.24, 2.45) is 0 Å². The summed E-state index contributed by atoms with van der Waals surface area (Å²) in [4.78, 5) is 4.01. The minimum absolute atomic E-state index is 0. The van der Waals surface area contributed by atoms with Crippen molar-refractivity contribution in [1.82, 2.24) is 4.98 Å². The monoisotopic (exact) mass is 537 g/mol. The number of hydrogen-bond donors (Lipinski definition) is 0. The van der Waals surface area contributed by atoms with E-state index in [4.69, 9.17) is 16.3 Å². The minimum atomic E-state index is 0. The first-order valence-electron chi connectivity index (χ1n) is 12.9. The average molecular weight is 539 g/mol. The molecule has 0 fully saturated rings. The lowest BCUT2D eigenvalue weighted by molar-refractivity contribution is 0.310. The Hall–Kier alpha value is -3.59. The average Bonchev–Trinajstić information content (AvgIpc) is 2.97. The summed E-state index contributed by atoms with van der Waals surface area (Å²) in [6.07, 6.45) is 8.71. The largest absolute Gasteiger partial charge is 0.488 e. The summed E-state index contributed by atoms with van der Waals surface area (Å²) >= 11 is 5.97. The summed E-state index contributed by atoms with van der Waals surface area (Å²) in [7, 11) is 0. The molecule has 0 N–H and O–H groups in total. The first-order chi connectivity index (χ1) is 18.3. The SMILES string of the molecule is Cl.Clc1ccc(COc2cccc3c2ccc2c4c(ccc23)CCCC4)cc1.c1ccc2cnccc2c1. The van der Waals surface area contributed by atoms with E-state index >= 15 is 0 Å². The van der Waals surface area contributed by atoms with Gasteiger partial charge in [-0.05, 0) is 93.6 Å². The molecular weight excluding hydrogens is 509 g/mol. The molecule has 38 heavy (non-hydrogen) atoms. The third kappa shape index (κ3) is 5.48. The zero-order valence-electron chi connectivity index (χ0n) is 21.1. The molecule has 1 aliphatic rings. The van der Waals surface area contributed by atoms with E-state index in [1.165, 1.54) is 63.6 Å². The molecule has 0 unspecified atom stereocenters. The molecule has 1 aromatic heterocycles. The summed E-state index contributed by atoms with van der Waals surface area (Å²) in [5, 5.41) is 8.39. The molecule has 1 heterocycles. The zero-order chi connectivity index (χ0) is 25.0. The second kappa shape index (κ2) is 11.9. The highest BCUT2D eigenvalue weighted by Crippen LogP contribution is 2.36. The van der Waals surface area contributed by atoms with E-state index in [2.05, 4.69) is 59.6 Å². The Morgan fingerprint density at radius 3 is 2.24 bits per heavy atom. The standard InChI is InChI=1S/C25H21ClO.C9H7N.ClH/c26-19-11-8-17(9-12-19)16-27-25-7-3-6-21-23-13-10-18-4-1-2-5-20(18)22(23)14-15-24(21)25;1-2-4-9-7-10-6-5-8(9)3-1;/h3,6-15H,1-2,4-5,16H2;1-7H;1H. The van der Waals surface area contributed by atoms with Gasteiger partial charge in [-0.3, -0.25) is 4.98 Å². The summed E-state index contributed by atoms with van der Waals surface area (Å²) < 4.78 is 6.16. The van der Waals surface area contributed by atoms with Crippen molar-refractivity contribution in [2.45, 2.75) is 32.3 Å². The van der Waals surface area contributed by atoms with Gasteiger partial charge in [0.1, 0.15) is 12.4 Å². The fourth-order valence-electron chi connectivity index (χ4n) is 5.29. The topological polar surface area (TPSA) is 22.1 Å². The fraction of sp³-hybridized carbons (Fsp3) is 0.147. The van der Waals surface area contributed by atoms with E-state index < -0.39 is 0 Å². The van der Waals surface area contributed by atoms with Crippen molar-refractivity contribution in [3.8, 4) is 5.75 Å².